The van der Waals surface area contributed by atoms with E-state index >= 15 is 0 Å². The van der Waals surface area contributed by atoms with E-state index in [0.29, 0.717) is 11.5 Å². The molecule has 1 aliphatic heterocycles. The van der Waals surface area contributed by atoms with Crippen molar-refractivity contribution < 1.29 is 9.53 Å². The highest BCUT2D eigenvalue weighted by molar-refractivity contribution is 6.24. The van der Waals surface area contributed by atoms with Crippen LogP contribution in [0.15, 0.2) is 96.1 Å². The topological polar surface area (TPSA) is 41.9 Å². The molecule has 0 aromatic heterocycles. The summed E-state index contributed by atoms with van der Waals surface area (Å²) in [6, 6.07) is 28.4. The Balaban J connectivity index is 1.73. The zero-order valence-electron chi connectivity index (χ0n) is 13.4. The van der Waals surface area contributed by atoms with Crippen LogP contribution >= 0.6 is 0 Å². The van der Waals surface area contributed by atoms with Crippen molar-refractivity contribution in [3.05, 3.63) is 96.6 Å². The van der Waals surface area contributed by atoms with Crippen molar-refractivity contribution in [2.24, 2.45) is 5.10 Å². The molecular weight excluding hydrogens is 312 g/mol. The van der Waals surface area contributed by atoms with Gasteiger partial charge >= 0.3 is 0 Å². The first-order valence-electron chi connectivity index (χ1n) is 8.07. The Kier molecular flexibility index (Phi) is 4.01. The highest BCUT2D eigenvalue weighted by atomic mass is 16.5. The van der Waals surface area contributed by atoms with E-state index in [1.165, 1.54) is 5.01 Å². The summed E-state index contributed by atoms with van der Waals surface area (Å²) >= 11 is 0. The maximum atomic E-state index is 13.0. The van der Waals surface area contributed by atoms with Gasteiger partial charge in [0.05, 0.1) is 5.69 Å². The molecule has 4 rings (SSSR count). The molecule has 0 saturated heterocycles. The molecule has 0 N–H and O–H groups in total. The molecule has 4 heteroatoms. The zero-order valence-corrected chi connectivity index (χ0v) is 13.4. The van der Waals surface area contributed by atoms with E-state index < -0.39 is 6.10 Å². The van der Waals surface area contributed by atoms with E-state index in [1.54, 1.807) is 0 Å². The molecule has 4 nitrogen and oxygen atoms in total. The predicted molar refractivity (Wildman–Crippen MR) is 97.8 cm³/mol. The van der Waals surface area contributed by atoms with Crippen LogP contribution in [0.2, 0.25) is 0 Å². The lowest BCUT2D eigenvalue weighted by atomic mass is 10.1. The van der Waals surface area contributed by atoms with Crippen LogP contribution in [0.5, 0.6) is 5.75 Å². The number of hydrogen-bond donors (Lipinski definition) is 0. The van der Waals surface area contributed by atoms with Gasteiger partial charge in [-0.05, 0) is 24.3 Å². The first-order chi connectivity index (χ1) is 12.3. The number of carbonyl (C=O) groups excluding carboxylic acids is 1. The number of rotatable bonds is 4. The van der Waals surface area contributed by atoms with Crippen LogP contribution in [-0.2, 0) is 4.79 Å². The number of anilines is 1. The number of nitrogens with zero attached hydrogens (tertiary/aromatic N) is 2. The maximum absolute atomic E-state index is 13.0. The summed E-state index contributed by atoms with van der Waals surface area (Å²) in [5.41, 5.74) is 2.20. The lowest BCUT2D eigenvalue weighted by Crippen LogP contribution is -2.37. The third-order valence-corrected chi connectivity index (χ3v) is 3.96. The van der Waals surface area contributed by atoms with Crippen molar-refractivity contribution >= 4 is 17.3 Å². The average Bonchev–Trinajstić information content (AvgIpc) is 3.01. The van der Waals surface area contributed by atoms with Gasteiger partial charge in [0.15, 0.2) is 0 Å². The number of ether oxygens (including phenoxy) is 1. The van der Waals surface area contributed by atoms with Crippen molar-refractivity contribution in [1.82, 2.24) is 0 Å². The van der Waals surface area contributed by atoms with Gasteiger partial charge in [-0.1, -0.05) is 66.7 Å². The Morgan fingerprint density at radius 1 is 0.760 bits per heavy atom. The third kappa shape index (κ3) is 3.02. The Labute approximate surface area is 146 Å². The first kappa shape index (κ1) is 15.1. The van der Waals surface area contributed by atoms with Gasteiger partial charge in [-0.2, -0.15) is 10.1 Å². The quantitative estimate of drug-likeness (QED) is 0.729. The molecule has 0 fully saturated rings. The summed E-state index contributed by atoms with van der Waals surface area (Å²) < 4.78 is 5.98. The second-order valence-corrected chi connectivity index (χ2v) is 5.65. The lowest BCUT2D eigenvalue weighted by molar-refractivity contribution is -0.121. The molecular formula is C21H16N2O2. The van der Waals surface area contributed by atoms with Crippen molar-refractivity contribution in [2.45, 2.75) is 6.10 Å². The van der Waals surface area contributed by atoms with Crippen LogP contribution in [0.1, 0.15) is 5.56 Å². The van der Waals surface area contributed by atoms with Crippen LogP contribution < -0.4 is 9.75 Å². The highest BCUT2D eigenvalue weighted by Crippen LogP contribution is 2.26. The molecule has 1 heterocycles. The Morgan fingerprint density at radius 2 is 1.32 bits per heavy atom. The van der Waals surface area contributed by atoms with Gasteiger partial charge < -0.3 is 4.74 Å². The normalized spacial score (nSPS) is 16.6. The van der Waals surface area contributed by atoms with Gasteiger partial charge in [0.2, 0.25) is 6.10 Å². The van der Waals surface area contributed by atoms with Gasteiger partial charge in [-0.15, -0.1) is 0 Å². The fourth-order valence-electron chi connectivity index (χ4n) is 2.75. The van der Waals surface area contributed by atoms with Crippen molar-refractivity contribution in [2.75, 3.05) is 5.01 Å². The minimum Gasteiger partial charge on any atom is -0.474 e. The molecule has 1 aliphatic rings. The van der Waals surface area contributed by atoms with Gasteiger partial charge in [0, 0.05) is 5.56 Å². The van der Waals surface area contributed by atoms with Gasteiger partial charge in [-0.25, -0.2) is 0 Å². The summed E-state index contributed by atoms with van der Waals surface area (Å²) in [7, 11) is 0. The van der Waals surface area contributed by atoms with E-state index in [4.69, 9.17) is 4.74 Å². The summed E-state index contributed by atoms with van der Waals surface area (Å²) in [5, 5.41) is 5.98. The smallest absolute Gasteiger partial charge is 0.294 e. The number of hydrazone groups is 1. The van der Waals surface area contributed by atoms with Gasteiger partial charge in [-0.3, -0.25) is 4.79 Å². The second-order valence-electron chi connectivity index (χ2n) is 5.65. The van der Waals surface area contributed by atoms with Crippen LogP contribution in [0.25, 0.3) is 0 Å². The molecule has 0 spiro atoms. The number of benzene rings is 3. The molecule has 0 saturated carbocycles. The van der Waals surface area contributed by atoms with Crippen molar-refractivity contribution in [3.8, 4) is 5.75 Å². The van der Waals surface area contributed by atoms with Crippen molar-refractivity contribution in [1.29, 1.82) is 0 Å². The molecule has 3 aromatic rings. The molecule has 1 amide bonds. The van der Waals surface area contributed by atoms with Crippen LogP contribution in [0, 0.1) is 0 Å². The number of amides is 1. The summed E-state index contributed by atoms with van der Waals surface area (Å²) in [4.78, 5) is 13.0. The molecule has 0 radical (unpaired) electrons. The van der Waals surface area contributed by atoms with E-state index in [0.717, 1.165) is 11.3 Å². The lowest BCUT2D eigenvalue weighted by Gasteiger charge is -2.16. The fraction of sp³-hybridized carbons (Fsp3) is 0.0476. The SMILES string of the molecule is O=C1C(Oc2ccccc2)C(c2ccccc2)=NN1c1ccccc1. The molecule has 1 unspecified atom stereocenters. The summed E-state index contributed by atoms with van der Waals surface area (Å²) in [6.45, 7) is 0. The number of hydrogen-bond acceptors (Lipinski definition) is 3. The molecule has 0 bridgehead atoms. The van der Waals surface area contributed by atoms with Crippen LogP contribution in [0.3, 0.4) is 0 Å². The maximum Gasteiger partial charge on any atom is 0.294 e. The van der Waals surface area contributed by atoms with Gasteiger partial charge in [0.1, 0.15) is 11.5 Å². The zero-order chi connectivity index (χ0) is 17.1. The first-order valence-corrected chi connectivity index (χ1v) is 8.07. The molecule has 25 heavy (non-hydrogen) atoms. The third-order valence-electron chi connectivity index (χ3n) is 3.96. The summed E-state index contributed by atoms with van der Waals surface area (Å²) in [6.07, 6.45) is -0.773. The number of para-hydroxylation sites is 2. The Bertz CT molecular complexity index is 893. The fourth-order valence-corrected chi connectivity index (χ4v) is 2.75. The standard InChI is InChI=1S/C21H16N2O2/c24-21-20(25-18-14-8-3-9-15-18)19(16-10-4-1-5-11-16)22-23(21)17-12-6-2-7-13-17/h1-15,20H. The molecule has 122 valence electrons. The second kappa shape index (κ2) is 6.61. The van der Waals surface area contributed by atoms with E-state index in [2.05, 4.69) is 5.10 Å². The predicted octanol–water partition coefficient (Wildman–Crippen LogP) is 3.89. The monoisotopic (exact) mass is 328 g/mol. The minimum absolute atomic E-state index is 0.200. The van der Waals surface area contributed by atoms with Crippen molar-refractivity contribution in [3.63, 3.8) is 0 Å². The Morgan fingerprint density at radius 3 is 1.96 bits per heavy atom. The Hall–Kier alpha value is -3.40. The van der Waals surface area contributed by atoms with Gasteiger partial charge in [0.25, 0.3) is 5.91 Å². The van der Waals surface area contributed by atoms with E-state index in [9.17, 15) is 4.79 Å². The average molecular weight is 328 g/mol. The minimum atomic E-state index is -0.773. The molecule has 0 aliphatic carbocycles. The summed E-state index contributed by atoms with van der Waals surface area (Å²) in [5.74, 6) is 0.438. The molecule has 3 aromatic carbocycles. The number of carbonyl (C=O) groups is 1. The highest BCUT2D eigenvalue weighted by Gasteiger charge is 2.39. The van der Waals surface area contributed by atoms with Crippen LogP contribution in [-0.4, -0.2) is 17.7 Å². The van der Waals surface area contributed by atoms with E-state index in [-0.39, 0.29) is 5.91 Å². The molecule has 1 atom stereocenters. The van der Waals surface area contributed by atoms with Crippen LogP contribution in [0.4, 0.5) is 5.69 Å². The van der Waals surface area contributed by atoms with E-state index in [1.807, 2.05) is 91.0 Å². The largest absolute Gasteiger partial charge is 0.474 e.